The van der Waals surface area contributed by atoms with Gasteiger partial charge in [0, 0.05) is 26.1 Å². The van der Waals surface area contributed by atoms with Crippen LogP contribution < -0.4 is 15.5 Å². The summed E-state index contributed by atoms with van der Waals surface area (Å²) in [7, 11) is 3.97. The predicted molar refractivity (Wildman–Crippen MR) is 79.6 cm³/mol. The third-order valence-corrected chi connectivity index (χ3v) is 3.64. The van der Waals surface area contributed by atoms with E-state index < -0.39 is 0 Å². The summed E-state index contributed by atoms with van der Waals surface area (Å²) in [5.74, 6) is 0.258. The minimum absolute atomic E-state index is 0.117. The number of anilines is 2. The number of piperidine rings is 1. The van der Waals surface area contributed by atoms with Crippen molar-refractivity contribution in [3.8, 4) is 0 Å². The number of nitrogens with zero attached hydrogens (tertiary/aromatic N) is 1. The second kappa shape index (κ2) is 6.06. The van der Waals surface area contributed by atoms with Gasteiger partial charge in [-0.25, -0.2) is 0 Å². The van der Waals surface area contributed by atoms with E-state index in [0.717, 1.165) is 30.8 Å². The van der Waals surface area contributed by atoms with Crippen molar-refractivity contribution < 1.29 is 4.79 Å². The lowest BCUT2D eigenvalue weighted by Crippen LogP contribution is -2.40. The van der Waals surface area contributed by atoms with E-state index in [1.807, 2.05) is 43.3 Å². The van der Waals surface area contributed by atoms with Gasteiger partial charge in [-0.15, -0.1) is 0 Å². The van der Waals surface area contributed by atoms with Gasteiger partial charge < -0.3 is 15.5 Å². The van der Waals surface area contributed by atoms with Crippen molar-refractivity contribution in [1.29, 1.82) is 0 Å². The number of hydrogen-bond acceptors (Lipinski definition) is 3. The molecule has 1 heterocycles. The zero-order valence-corrected chi connectivity index (χ0v) is 11.9. The zero-order valence-electron chi connectivity index (χ0n) is 11.9. The second-order valence-corrected chi connectivity index (χ2v) is 5.48. The SMILES string of the molecule is CC1CC(C(=O)Nc2ccccc2N(C)C)CCN1. The third kappa shape index (κ3) is 3.47. The van der Waals surface area contributed by atoms with Gasteiger partial charge in [0.25, 0.3) is 0 Å². The van der Waals surface area contributed by atoms with Crippen molar-refractivity contribution >= 4 is 17.3 Å². The van der Waals surface area contributed by atoms with Crippen molar-refractivity contribution in [2.45, 2.75) is 25.8 Å². The van der Waals surface area contributed by atoms with Gasteiger partial charge in [0.15, 0.2) is 0 Å². The molecule has 2 unspecified atom stereocenters. The second-order valence-electron chi connectivity index (χ2n) is 5.48. The number of hydrogen-bond donors (Lipinski definition) is 2. The lowest BCUT2D eigenvalue weighted by atomic mass is 9.92. The highest BCUT2D eigenvalue weighted by atomic mass is 16.1. The first-order valence-electron chi connectivity index (χ1n) is 6.88. The van der Waals surface area contributed by atoms with Crippen LogP contribution in [-0.2, 0) is 4.79 Å². The Bertz CT molecular complexity index is 445. The molecule has 1 aliphatic rings. The van der Waals surface area contributed by atoms with Crippen molar-refractivity contribution in [3.05, 3.63) is 24.3 Å². The van der Waals surface area contributed by atoms with Gasteiger partial charge in [0.2, 0.25) is 5.91 Å². The number of para-hydroxylation sites is 2. The first-order chi connectivity index (χ1) is 9.08. The Balaban J connectivity index is 2.06. The highest BCUT2D eigenvalue weighted by Gasteiger charge is 2.25. The number of amides is 1. The molecular formula is C15H23N3O. The standard InChI is InChI=1S/C15H23N3O/c1-11-10-12(8-9-16-11)15(19)17-13-6-4-5-7-14(13)18(2)3/h4-7,11-12,16H,8-10H2,1-3H3,(H,17,19). The lowest BCUT2D eigenvalue weighted by Gasteiger charge is -2.27. The molecule has 19 heavy (non-hydrogen) atoms. The molecular weight excluding hydrogens is 238 g/mol. The molecule has 0 aliphatic carbocycles. The molecule has 1 fully saturated rings. The summed E-state index contributed by atoms with van der Waals surface area (Å²) in [6.45, 7) is 3.06. The fourth-order valence-electron chi connectivity index (χ4n) is 2.57. The van der Waals surface area contributed by atoms with Crippen LogP contribution in [0.5, 0.6) is 0 Å². The molecule has 1 aliphatic heterocycles. The number of carbonyl (C=O) groups is 1. The number of rotatable bonds is 3. The van der Waals surface area contributed by atoms with Gasteiger partial charge in [0.05, 0.1) is 11.4 Å². The molecule has 104 valence electrons. The van der Waals surface area contributed by atoms with E-state index >= 15 is 0 Å². The van der Waals surface area contributed by atoms with E-state index in [1.54, 1.807) is 0 Å². The molecule has 2 rings (SSSR count). The molecule has 0 radical (unpaired) electrons. The fraction of sp³-hybridized carbons (Fsp3) is 0.533. The average molecular weight is 261 g/mol. The Labute approximate surface area is 115 Å². The van der Waals surface area contributed by atoms with Crippen molar-refractivity contribution in [2.24, 2.45) is 5.92 Å². The predicted octanol–water partition coefficient (Wildman–Crippen LogP) is 2.08. The Kier molecular flexibility index (Phi) is 4.43. The molecule has 1 amide bonds. The largest absolute Gasteiger partial charge is 0.376 e. The van der Waals surface area contributed by atoms with Crippen LogP contribution in [0.1, 0.15) is 19.8 Å². The maximum Gasteiger partial charge on any atom is 0.227 e. The van der Waals surface area contributed by atoms with Crippen molar-refractivity contribution in [1.82, 2.24) is 5.32 Å². The smallest absolute Gasteiger partial charge is 0.227 e. The van der Waals surface area contributed by atoms with Gasteiger partial charge in [-0.3, -0.25) is 4.79 Å². The summed E-state index contributed by atoms with van der Waals surface area (Å²) in [5, 5.41) is 6.45. The summed E-state index contributed by atoms with van der Waals surface area (Å²) < 4.78 is 0. The Morgan fingerprint density at radius 1 is 1.37 bits per heavy atom. The van der Waals surface area contributed by atoms with Crippen LogP contribution in [0.4, 0.5) is 11.4 Å². The van der Waals surface area contributed by atoms with E-state index in [9.17, 15) is 4.79 Å². The molecule has 4 heteroatoms. The molecule has 0 saturated carbocycles. The molecule has 2 N–H and O–H groups in total. The van der Waals surface area contributed by atoms with Crippen LogP contribution in [0.2, 0.25) is 0 Å². The van der Waals surface area contributed by atoms with Gasteiger partial charge in [-0.05, 0) is 38.4 Å². The highest BCUT2D eigenvalue weighted by Crippen LogP contribution is 2.25. The quantitative estimate of drug-likeness (QED) is 0.875. The van der Waals surface area contributed by atoms with Crippen molar-refractivity contribution in [3.63, 3.8) is 0 Å². The summed E-state index contributed by atoms with van der Waals surface area (Å²) >= 11 is 0. The summed E-state index contributed by atoms with van der Waals surface area (Å²) in [4.78, 5) is 14.3. The summed E-state index contributed by atoms with van der Waals surface area (Å²) in [5.41, 5.74) is 1.93. The van der Waals surface area contributed by atoms with E-state index in [1.165, 1.54) is 0 Å². The van der Waals surface area contributed by atoms with Crippen LogP contribution in [0.25, 0.3) is 0 Å². The lowest BCUT2D eigenvalue weighted by molar-refractivity contribution is -0.120. The molecule has 1 saturated heterocycles. The molecule has 2 atom stereocenters. The Morgan fingerprint density at radius 3 is 2.79 bits per heavy atom. The number of nitrogens with one attached hydrogen (secondary N) is 2. The average Bonchev–Trinajstić information content (AvgIpc) is 2.39. The first-order valence-corrected chi connectivity index (χ1v) is 6.88. The van der Waals surface area contributed by atoms with Crippen molar-refractivity contribution in [2.75, 3.05) is 30.9 Å². The van der Waals surface area contributed by atoms with Crippen LogP contribution in [-0.4, -0.2) is 32.6 Å². The zero-order chi connectivity index (χ0) is 13.8. The van der Waals surface area contributed by atoms with Crippen LogP contribution in [0.3, 0.4) is 0 Å². The van der Waals surface area contributed by atoms with E-state index in [0.29, 0.717) is 6.04 Å². The number of carbonyl (C=O) groups excluding carboxylic acids is 1. The molecule has 4 nitrogen and oxygen atoms in total. The van der Waals surface area contributed by atoms with Gasteiger partial charge in [-0.2, -0.15) is 0 Å². The topological polar surface area (TPSA) is 44.4 Å². The molecule has 1 aromatic rings. The first kappa shape index (κ1) is 13.9. The molecule has 0 aromatic heterocycles. The Morgan fingerprint density at radius 2 is 2.11 bits per heavy atom. The fourth-order valence-corrected chi connectivity index (χ4v) is 2.57. The number of benzene rings is 1. The minimum atomic E-state index is 0.117. The molecule has 0 bridgehead atoms. The molecule has 0 spiro atoms. The van der Waals surface area contributed by atoms with Gasteiger partial charge >= 0.3 is 0 Å². The van der Waals surface area contributed by atoms with Crippen LogP contribution in [0.15, 0.2) is 24.3 Å². The third-order valence-electron chi connectivity index (χ3n) is 3.64. The normalized spacial score (nSPS) is 22.9. The van der Waals surface area contributed by atoms with Crippen LogP contribution >= 0.6 is 0 Å². The molecule has 1 aromatic carbocycles. The minimum Gasteiger partial charge on any atom is -0.376 e. The highest BCUT2D eigenvalue weighted by molar-refractivity contribution is 5.95. The summed E-state index contributed by atoms with van der Waals surface area (Å²) in [6.07, 6.45) is 1.83. The van der Waals surface area contributed by atoms with E-state index in [-0.39, 0.29) is 11.8 Å². The van der Waals surface area contributed by atoms with E-state index in [2.05, 4.69) is 17.6 Å². The van der Waals surface area contributed by atoms with E-state index in [4.69, 9.17) is 0 Å². The maximum absolute atomic E-state index is 12.3. The maximum atomic E-state index is 12.3. The van der Waals surface area contributed by atoms with Crippen LogP contribution in [0, 0.1) is 5.92 Å². The van der Waals surface area contributed by atoms with Gasteiger partial charge in [-0.1, -0.05) is 12.1 Å². The summed E-state index contributed by atoms with van der Waals surface area (Å²) in [6, 6.07) is 8.33. The monoisotopic (exact) mass is 261 g/mol. The Hall–Kier alpha value is -1.55. The van der Waals surface area contributed by atoms with Gasteiger partial charge in [0.1, 0.15) is 0 Å².